The maximum Gasteiger partial charge on any atom is 0.266 e. The molecule has 1 heterocycles. The SMILES string of the molecule is CS(=O)(=O)c1ccc(C2=C(c3ccccc3)C(=O)N(c3ccc(F)cc3)C2=O)c(F)c1. The zero-order valence-corrected chi connectivity index (χ0v) is 17.0. The number of sulfone groups is 1. The summed E-state index contributed by atoms with van der Waals surface area (Å²) >= 11 is 0. The largest absolute Gasteiger partial charge is 0.268 e. The minimum atomic E-state index is -3.67. The van der Waals surface area contributed by atoms with Crippen LogP contribution in [0.1, 0.15) is 11.1 Å². The lowest BCUT2D eigenvalue weighted by atomic mass is 9.96. The number of amides is 2. The highest BCUT2D eigenvalue weighted by Crippen LogP contribution is 2.39. The van der Waals surface area contributed by atoms with Crippen LogP contribution in [-0.2, 0) is 19.4 Å². The number of benzene rings is 3. The maximum atomic E-state index is 15.0. The fourth-order valence-electron chi connectivity index (χ4n) is 3.41. The Morgan fingerprint density at radius 1 is 0.774 bits per heavy atom. The predicted octanol–water partition coefficient (Wildman–Crippen LogP) is 3.85. The molecule has 31 heavy (non-hydrogen) atoms. The molecule has 4 rings (SSSR count). The monoisotopic (exact) mass is 439 g/mol. The Bertz CT molecular complexity index is 1350. The summed E-state index contributed by atoms with van der Waals surface area (Å²) in [6, 6.07) is 16.2. The smallest absolute Gasteiger partial charge is 0.266 e. The second-order valence-corrected chi connectivity index (χ2v) is 8.97. The number of anilines is 1. The molecule has 1 aliphatic rings. The molecule has 0 aliphatic carbocycles. The van der Waals surface area contributed by atoms with Gasteiger partial charge in [0, 0.05) is 11.8 Å². The molecule has 0 aromatic heterocycles. The average molecular weight is 439 g/mol. The van der Waals surface area contributed by atoms with Crippen molar-refractivity contribution in [2.75, 3.05) is 11.2 Å². The van der Waals surface area contributed by atoms with Gasteiger partial charge in [0.05, 0.1) is 21.7 Å². The Morgan fingerprint density at radius 3 is 1.97 bits per heavy atom. The molecule has 0 N–H and O–H groups in total. The second kappa shape index (κ2) is 7.55. The first-order valence-electron chi connectivity index (χ1n) is 9.12. The van der Waals surface area contributed by atoms with Crippen LogP contribution in [0.15, 0.2) is 77.7 Å². The van der Waals surface area contributed by atoms with E-state index in [0.717, 1.165) is 29.4 Å². The van der Waals surface area contributed by atoms with Gasteiger partial charge >= 0.3 is 0 Å². The molecule has 0 saturated heterocycles. The minimum absolute atomic E-state index is 0.0269. The van der Waals surface area contributed by atoms with Crippen LogP contribution in [0.3, 0.4) is 0 Å². The van der Waals surface area contributed by atoms with Crippen molar-refractivity contribution < 1.29 is 26.8 Å². The van der Waals surface area contributed by atoms with Crippen molar-refractivity contribution in [2.24, 2.45) is 0 Å². The Labute approximate surface area is 177 Å². The third-order valence-electron chi connectivity index (χ3n) is 4.87. The molecular weight excluding hydrogens is 424 g/mol. The molecule has 0 saturated carbocycles. The van der Waals surface area contributed by atoms with Crippen molar-refractivity contribution in [3.8, 4) is 0 Å². The van der Waals surface area contributed by atoms with Crippen LogP contribution in [0.4, 0.5) is 14.5 Å². The van der Waals surface area contributed by atoms with Gasteiger partial charge in [-0.05, 0) is 48.0 Å². The molecule has 0 bridgehead atoms. The minimum Gasteiger partial charge on any atom is -0.268 e. The van der Waals surface area contributed by atoms with E-state index >= 15 is 0 Å². The number of imide groups is 1. The van der Waals surface area contributed by atoms with Gasteiger partial charge in [-0.1, -0.05) is 30.3 Å². The van der Waals surface area contributed by atoms with E-state index in [0.29, 0.717) is 5.56 Å². The quantitative estimate of drug-likeness (QED) is 0.579. The first kappa shape index (κ1) is 20.6. The van der Waals surface area contributed by atoms with Crippen molar-refractivity contribution >= 4 is 38.5 Å². The predicted molar refractivity (Wildman–Crippen MR) is 112 cm³/mol. The molecule has 3 aromatic rings. The highest BCUT2D eigenvalue weighted by atomic mass is 32.2. The van der Waals surface area contributed by atoms with E-state index in [1.54, 1.807) is 30.3 Å². The van der Waals surface area contributed by atoms with Gasteiger partial charge in [-0.3, -0.25) is 9.59 Å². The number of hydrogen-bond donors (Lipinski definition) is 0. The molecule has 2 amide bonds. The second-order valence-electron chi connectivity index (χ2n) is 6.95. The van der Waals surface area contributed by atoms with E-state index in [1.165, 1.54) is 24.3 Å². The lowest BCUT2D eigenvalue weighted by Crippen LogP contribution is -2.31. The van der Waals surface area contributed by atoms with Gasteiger partial charge in [-0.15, -0.1) is 0 Å². The van der Waals surface area contributed by atoms with Crippen molar-refractivity contribution in [1.82, 2.24) is 0 Å². The van der Waals surface area contributed by atoms with Crippen LogP contribution in [-0.4, -0.2) is 26.5 Å². The summed E-state index contributed by atoms with van der Waals surface area (Å²) in [5, 5.41) is 0. The van der Waals surface area contributed by atoms with Crippen molar-refractivity contribution in [2.45, 2.75) is 4.90 Å². The molecular formula is C23H15F2NO4S. The lowest BCUT2D eigenvalue weighted by molar-refractivity contribution is -0.119. The summed E-state index contributed by atoms with van der Waals surface area (Å²) < 4.78 is 51.8. The third kappa shape index (κ3) is 3.66. The van der Waals surface area contributed by atoms with Crippen molar-refractivity contribution in [3.63, 3.8) is 0 Å². The first-order valence-corrected chi connectivity index (χ1v) is 11.0. The molecule has 156 valence electrons. The molecule has 0 spiro atoms. The van der Waals surface area contributed by atoms with Crippen LogP contribution in [0.25, 0.3) is 11.1 Å². The fourth-order valence-corrected chi connectivity index (χ4v) is 4.04. The van der Waals surface area contributed by atoms with Gasteiger partial charge in [-0.25, -0.2) is 22.1 Å². The zero-order chi connectivity index (χ0) is 22.3. The third-order valence-corrected chi connectivity index (χ3v) is 5.98. The summed E-state index contributed by atoms with van der Waals surface area (Å²) in [6.45, 7) is 0. The molecule has 5 nitrogen and oxygen atoms in total. The molecule has 8 heteroatoms. The molecule has 0 unspecified atom stereocenters. The number of carbonyl (C=O) groups excluding carboxylic acids is 2. The lowest BCUT2D eigenvalue weighted by Gasteiger charge is -2.15. The van der Waals surface area contributed by atoms with E-state index < -0.39 is 33.3 Å². The van der Waals surface area contributed by atoms with E-state index in [2.05, 4.69) is 0 Å². The van der Waals surface area contributed by atoms with E-state index in [-0.39, 0.29) is 27.3 Å². The summed E-state index contributed by atoms with van der Waals surface area (Å²) in [6.07, 6.45) is 0.941. The van der Waals surface area contributed by atoms with E-state index in [9.17, 15) is 26.8 Å². The van der Waals surface area contributed by atoms with Gasteiger partial charge < -0.3 is 0 Å². The van der Waals surface area contributed by atoms with Gasteiger partial charge in [0.2, 0.25) is 0 Å². The summed E-state index contributed by atoms with van der Waals surface area (Å²) in [5.74, 6) is -2.97. The van der Waals surface area contributed by atoms with Gasteiger partial charge in [0.25, 0.3) is 11.8 Å². The standard InChI is InChI=1S/C23H15F2NO4S/c1-31(29,30)17-11-12-18(19(25)13-17)21-20(14-5-3-2-4-6-14)22(27)26(23(21)28)16-9-7-15(24)8-10-16/h2-13H,1H3. The van der Waals surface area contributed by atoms with Gasteiger partial charge in [0.1, 0.15) is 11.6 Å². The molecule has 0 atom stereocenters. The van der Waals surface area contributed by atoms with Crippen LogP contribution in [0.5, 0.6) is 0 Å². The Kier molecular flexibility index (Phi) is 5.02. The van der Waals surface area contributed by atoms with Crippen LogP contribution >= 0.6 is 0 Å². The number of halogens is 2. The fraction of sp³-hybridized carbons (Fsp3) is 0.0435. The Hall–Kier alpha value is -3.65. The van der Waals surface area contributed by atoms with Crippen molar-refractivity contribution in [3.05, 3.63) is 95.6 Å². The Balaban J connectivity index is 1.93. The normalized spacial score (nSPS) is 14.5. The Morgan fingerprint density at radius 2 is 1.39 bits per heavy atom. The molecule has 0 fully saturated rings. The number of carbonyl (C=O) groups is 2. The molecule has 0 radical (unpaired) electrons. The summed E-state index contributed by atoms with van der Waals surface area (Å²) in [7, 11) is -3.67. The molecule has 3 aromatic carbocycles. The topological polar surface area (TPSA) is 71.5 Å². The first-order chi connectivity index (χ1) is 14.7. The highest BCUT2D eigenvalue weighted by molar-refractivity contribution is 7.90. The highest BCUT2D eigenvalue weighted by Gasteiger charge is 2.41. The number of rotatable bonds is 4. The maximum absolute atomic E-state index is 15.0. The van der Waals surface area contributed by atoms with Gasteiger partial charge in [0.15, 0.2) is 9.84 Å². The van der Waals surface area contributed by atoms with Gasteiger partial charge in [-0.2, -0.15) is 0 Å². The van der Waals surface area contributed by atoms with Crippen LogP contribution in [0, 0.1) is 11.6 Å². The summed E-state index contributed by atoms with van der Waals surface area (Å²) in [4.78, 5) is 27.1. The van der Waals surface area contributed by atoms with Crippen molar-refractivity contribution in [1.29, 1.82) is 0 Å². The number of hydrogen-bond acceptors (Lipinski definition) is 4. The number of nitrogens with zero attached hydrogens (tertiary/aromatic N) is 1. The van der Waals surface area contributed by atoms with Crippen LogP contribution in [0.2, 0.25) is 0 Å². The average Bonchev–Trinajstić information content (AvgIpc) is 2.99. The van der Waals surface area contributed by atoms with E-state index in [4.69, 9.17) is 0 Å². The zero-order valence-electron chi connectivity index (χ0n) is 16.2. The molecule has 1 aliphatic heterocycles. The van der Waals surface area contributed by atoms with Crippen LogP contribution < -0.4 is 4.90 Å². The van der Waals surface area contributed by atoms with E-state index in [1.807, 2.05) is 0 Å². The summed E-state index contributed by atoms with van der Waals surface area (Å²) in [5.41, 5.74) is 0.105.